The zero-order chi connectivity index (χ0) is 19.6. The maximum atomic E-state index is 12.8. The van der Waals surface area contributed by atoms with Crippen LogP contribution in [0.3, 0.4) is 0 Å². The van der Waals surface area contributed by atoms with E-state index in [1.54, 1.807) is 6.92 Å². The molecule has 0 spiro atoms. The summed E-state index contributed by atoms with van der Waals surface area (Å²) in [7, 11) is 1.16. The third kappa shape index (κ3) is 3.98. The van der Waals surface area contributed by atoms with Crippen molar-refractivity contribution in [2.45, 2.75) is 33.1 Å². The molecule has 2 rings (SSSR count). The Hall–Kier alpha value is -2.56. The van der Waals surface area contributed by atoms with Crippen LogP contribution in [-0.2, 0) is 28.8 Å². The fourth-order valence-electron chi connectivity index (χ4n) is 2.11. The van der Waals surface area contributed by atoms with E-state index in [1.807, 2.05) is 0 Å². The molecule has 0 saturated heterocycles. The Balaban J connectivity index is 2.23. The highest BCUT2D eigenvalue weighted by atomic mass is 35.5. The molecule has 0 unspecified atom stereocenters. The Labute approximate surface area is 150 Å². The van der Waals surface area contributed by atoms with Gasteiger partial charge in [-0.05, 0) is 13.8 Å². The average Bonchev–Trinajstić information content (AvgIpc) is 3.09. The monoisotopic (exact) mass is 393 g/mol. The van der Waals surface area contributed by atoms with Crippen molar-refractivity contribution < 1.29 is 27.5 Å². The highest BCUT2D eigenvalue weighted by Gasteiger charge is 2.38. The molecule has 0 radical (unpaired) electrons. The Morgan fingerprint density at radius 2 is 2.00 bits per heavy atom. The number of hydrogen-bond acceptors (Lipinski definition) is 5. The van der Waals surface area contributed by atoms with Gasteiger partial charge in [0, 0.05) is 12.7 Å². The lowest BCUT2D eigenvalue weighted by Gasteiger charge is -2.06. The van der Waals surface area contributed by atoms with E-state index in [2.05, 4.69) is 20.3 Å². The topological polar surface area (TPSA) is 91.0 Å². The van der Waals surface area contributed by atoms with Crippen LogP contribution in [0.2, 0.25) is 5.02 Å². The minimum Gasteiger partial charge on any atom is -0.464 e. The molecule has 0 aliphatic carbocycles. The number of esters is 1. The molecule has 0 fully saturated rings. The largest absolute Gasteiger partial charge is 0.464 e. The Bertz CT molecular complexity index is 844. The Morgan fingerprint density at radius 3 is 2.50 bits per heavy atom. The van der Waals surface area contributed by atoms with E-state index in [0.29, 0.717) is 6.54 Å². The van der Waals surface area contributed by atoms with Crippen LogP contribution >= 0.6 is 11.6 Å². The predicted octanol–water partition coefficient (Wildman–Crippen LogP) is 2.51. The zero-order valence-electron chi connectivity index (χ0n) is 14.0. The Morgan fingerprint density at radius 1 is 1.35 bits per heavy atom. The first kappa shape index (κ1) is 19.8. The number of nitrogens with zero attached hydrogens (tertiary/aromatic N) is 4. The third-order valence-corrected chi connectivity index (χ3v) is 3.89. The minimum atomic E-state index is -4.73. The number of amides is 1. The van der Waals surface area contributed by atoms with Crippen molar-refractivity contribution in [3.05, 3.63) is 28.3 Å². The summed E-state index contributed by atoms with van der Waals surface area (Å²) in [5, 5.41) is 9.15. The fraction of sp³-hybridized carbons (Fsp3) is 0.429. The molecule has 0 saturated carbocycles. The van der Waals surface area contributed by atoms with Crippen molar-refractivity contribution in [1.82, 2.24) is 19.6 Å². The van der Waals surface area contributed by atoms with E-state index in [4.69, 9.17) is 11.6 Å². The normalized spacial score (nSPS) is 11.5. The van der Waals surface area contributed by atoms with E-state index < -0.39 is 35.3 Å². The SMILES string of the molecule is CCn1cc(NC(=O)Cn2nc(C(F)(F)F)c(Cl)c2C)c(C(=O)OC)n1. The van der Waals surface area contributed by atoms with Crippen LogP contribution in [0.4, 0.5) is 18.9 Å². The minimum absolute atomic E-state index is 0.00779. The van der Waals surface area contributed by atoms with E-state index in [0.717, 1.165) is 11.8 Å². The quantitative estimate of drug-likeness (QED) is 0.788. The number of hydrogen-bond donors (Lipinski definition) is 1. The van der Waals surface area contributed by atoms with E-state index >= 15 is 0 Å². The molecule has 2 heterocycles. The molecule has 142 valence electrons. The van der Waals surface area contributed by atoms with Crippen LogP contribution in [0.15, 0.2) is 6.20 Å². The molecule has 0 bridgehead atoms. The van der Waals surface area contributed by atoms with Crippen LogP contribution < -0.4 is 5.32 Å². The lowest BCUT2D eigenvalue weighted by molar-refractivity contribution is -0.141. The van der Waals surface area contributed by atoms with Crippen LogP contribution in [0, 0.1) is 6.92 Å². The summed E-state index contributed by atoms with van der Waals surface area (Å²) in [5.74, 6) is -1.47. The molecule has 0 atom stereocenters. The van der Waals surface area contributed by atoms with Gasteiger partial charge in [0.05, 0.1) is 23.5 Å². The molecule has 26 heavy (non-hydrogen) atoms. The van der Waals surface area contributed by atoms with Gasteiger partial charge in [0.2, 0.25) is 5.91 Å². The molecule has 8 nitrogen and oxygen atoms in total. The molecule has 0 aliphatic heterocycles. The van der Waals surface area contributed by atoms with Gasteiger partial charge in [-0.15, -0.1) is 0 Å². The van der Waals surface area contributed by atoms with Crippen molar-refractivity contribution in [1.29, 1.82) is 0 Å². The fourth-order valence-corrected chi connectivity index (χ4v) is 2.35. The predicted molar refractivity (Wildman–Crippen MR) is 84.8 cm³/mol. The van der Waals surface area contributed by atoms with Crippen molar-refractivity contribution in [2.24, 2.45) is 0 Å². The second-order valence-corrected chi connectivity index (χ2v) is 5.57. The molecule has 0 aromatic carbocycles. The number of rotatable bonds is 5. The first-order valence-corrected chi connectivity index (χ1v) is 7.72. The second kappa shape index (κ2) is 7.36. The first-order chi connectivity index (χ1) is 12.1. The van der Waals surface area contributed by atoms with Gasteiger partial charge in [0.25, 0.3) is 0 Å². The smallest absolute Gasteiger partial charge is 0.436 e. The third-order valence-electron chi connectivity index (χ3n) is 3.43. The summed E-state index contributed by atoms with van der Waals surface area (Å²) in [4.78, 5) is 23.9. The summed E-state index contributed by atoms with van der Waals surface area (Å²) >= 11 is 5.64. The molecular formula is C14H15ClF3N5O3. The molecule has 1 N–H and O–H groups in total. The van der Waals surface area contributed by atoms with Crippen molar-refractivity contribution >= 4 is 29.2 Å². The van der Waals surface area contributed by atoms with Crippen molar-refractivity contribution in [2.75, 3.05) is 12.4 Å². The summed E-state index contributed by atoms with van der Waals surface area (Å²) in [5.41, 5.74) is -1.31. The van der Waals surface area contributed by atoms with E-state index in [9.17, 15) is 22.8 Å². The highest BCUT2D eigenvalue weighted by Crippen LogP contribution is 2.35. The van der Waals surface area contributed by atoms with Gasteiger partial charge in [-0.3, -0.25) is 14.2 Å². The Kier molecular flexibility index (Phi) is 5.59. The number of aromatic nitrogens is 4. The number of alkyl halides is 3. The van der Waals surface area contributed by atoms with Gasteiger partial charge in [0.1, 0.15) is 6.54 Å². The van der Waals surface area contributed by atoms with Gasteiger partial charge in [-0.2, -0.15) is 23.4 Å². The summed E-state index contributed by atoms with van der Waals surface area (Å²) < 4.78 is 45.3. The first-order valence-electron chi connectivity index (χ1n) is 7.34. The molecule has 2 aromatic heterocycles. The van der Waals surface area contributed by atoms with Crippen LogP contribution in [0.5, 0.6) is 0 Å². The number of carbonyl (C=O) groups excluding carboxylic acids is 2. The van der Waals surface area contributed by atoms with Crippen molar-refractivity contribution in [3.8, 4) is 0 Å². The summed E-state index contributed by atoms with van der Waals surface area (Å²) in [6.45, 7) is 2.99. The van der Waals surface area contributed by atoms with Crippen LogP contribution in [0.25, 0.3) is 0 Å². The van der Waals surface area contributed by atoms with Crippen LogP contribution in [0.1, 0.15) is 28.8 Å². The van der Waals surface area contributed by atoms with Crippen molar-refractivity contribution in [3.63, 3.8) is 0 Å². The lowest BCUT2D eigenvalue weighted by atomic mass is 10.3. The van der Waals surface area contributed by atoms with Crippen LogP contribution in [-0.4, -0.2) is 38.5 Å². The molecule has 0 aliphatic rings. The molecule has 2 aromatic rings. The highest BCUT2D eigenvalue weighted by molar-refractivity contribution is 6.32. The second-order valence-electron chi connectivity index (χ2n) is 5.19. The number of ether oxygens (including phenoxy) is 1. The average molecular weight is 394 g/mol. The number of methoxy groups -OCH3 is 1. The number of halogens is 4. The van der Waals surface area contributed by atoms with E-state index in [-0.39, 0.29) is 17.1 Å². The number of anilines is 1. The van der Waals surface area contributed by atoms with E-state index in [1.165, 1.54) is 17.8 Å². The lowest BCUT2D eigenvalue weighted by Crippen LogP contribution is -2.21. The maximum Gasteiger partial charge on any atom is 0.436 e. The number of nitrogens with one attached hydrogen (secondary N) is 1. The molecule has 12 heteroatoms. The number of aryl methyl sites for hydroxylation is 1. The van der Waals surface area contributed by atoms with Gasteiger partial charge >= 0.3 is 12.1 Å². The van der Waals surface area contributed by atoms with Gasteiger partial charge in [-0.25, -0.2) is 4.79 Å². The summed E-state index contributed by atoms with van der Waals surface area (Å²) in [6, 6.07) is 0. The van der Waals surface area contributed by atoms with Gasteiger partial charge < -0.3 is 10.1 Å². The maximum absolute atomic E-state index is 12.8. The molecular weight excluding hydrogens is 379 g/mol. The zero-order valence-corrected chi connectivity index (χ0v) is 14.8. The standard InChI is InChI=1S/C14H15ClF3N5O3/c1-4-22-5-8(11(20-22)13(25)26-3)19-9(24)6-23-7(2)10(15)12(21-23)14(16,17)18/h5H,4,6H2,1-3H3,(H,19,24). The van der Waals surface area contributed by atoms with Gasteiger partial charge in [0.15, 0.2) is 11.4 Å². The number of carbonyl (C=O) groups is 2. The molecule has 1 amide bonds. The summed E-state index contributed by atoms with van der Waals surface area (Å²) in [6.07, 6.45) is -3.32. The van der Waals surface area contributed by atoms with Gasteiger partial charge in [-0.1, -0.05) is 11.6 Å².